The molecular weight excluding hydrogens is 435 g/mol. The number of halogens is 1. The molecule has 1 saturated heterocycles. The number of rotatable bonds is 4. The first-order valence-corrected chi connectivity index (χ1v) is 12.2. The van der Waals surface area contributed by atoms with Crippen molar-refractivity contribution in [1.29, 1.82) is 0 Å². The van der Waals surface area contributed by atoms with E-state index in [1.54, 1.807) is 18.2 Å². The molecule has 4 rings (SSSR count). The maximum absolute atomic E-state index is 14.1. The monoisotopic (exact) mass is 466 g/mol. The van der Waals surface area contributed by atoms with E-state index < -0.39 is 5.82 Å². The number of fused-ring (bicyclic) bond motifs is 1. The lowest BCUT2D eigenvalue weighted by Crippen LogP contribution is -2.51. The Morgan fingerprint density at radius 2 is 1.91 bits per heavy atom. The van der Waals surface area contributed by atoms with Gasteiger partial charge in [0.05, 0.1) is 11.4 Å². The van der Waals surface area contributed by atoms with E-state index in [1.165, 1.54) is 17.3 Å². The van der Waals surface area contributed by atoms with Gasteiger partial charge in [-0.2, -0.15) is 0 Å². The van der Waals surface area contributed by atoms with Crippen LogP contribution in [0, 0.1) is 12.7 Å². The van der Waals surface area contributed by atoms with Gasteiger partial charge in [-0.3, -0.25) is 14.5 Å². The average Bonchev–Trinajstić information content (AvgIpc) is 2.97. The third kappa shape index (κ3) is 4.33. The van der Waals surface area contributed by atoms with Gasteiger partial charge in [-0.25, -0.2) is 4.39 Å². The summed E-state index contributed by atoms with van der Waals surface area (Å²) in [5, 5.41) is -0.369. The minimum Gasteiger partial charge on any atom is -0.364 e. The first kappa shape index (κ1) is 23.6. The maximum atomic E-state index is 14.1. The van der Waals surface area contributed by atoms with Gasteiger partial charge in [0.15, 0.2) is 0 Å². The highest BCUT2D eigenvalue weighted by Gasteiger charge is 2.39. The number of aryl methyl sites for hydroxylation is 1. The Morgan fingerprint density at radius 3 is 2.58 bits per heavy atom. The fourth-order valence-corrected chi connectivity index (χ4v) is 6.15. The molecule has 2 amide bonds. The van der Waals surface area contributed by atoms with Crippen LogP contribution in [0.2, 0.25) is 0 Å². The van der Waals surface area contributed by atoms with Crippen LogP contribution in [0.25, 0.3) is 6.08 Å². The molecule has 0 spiro atoms. The summed E-state index contributed by atoms with van der Waals surface area (Å²) in [6.07, 6.45) is 2.86. The molecule has 0 N–H and O–H groups in total. The van der Waals surface area contributed by atoms with Crippen molar-refractivity contribution in [2.24, 2.45) is 0 Å². The molecule has 6 heteroatoms. The van der Waals surface area contributed by atoms with Crippen LogP contribution in [0.4, 0.5) is 14.9 Å². The second-order valence-electron chi connectivity index (χ2n) is 10.0. The van der Waals surface area contributed by atoms with Gasteiger partial charge in [-0.15, -0.1) is 0 Å². The first-order valence-electron chi connectivity index (χ1n) is 11.4. The van der Waals surface area contributed by atoms with Gasteiger partial charge in [0.2, 0.25) is 0 Å². The van der Waals surface area contributed by atoms with Crippen LogP contribution in [0.3, 0.4) is 0 Å². The Bertz CT molecular complexity index is 1150. The van der Waals surface area contributed by atoms with Crippen LogP contribution in [0.5, 0.6) is 0 Å². The van der Waals surface area contributed by atoms with Crippen LogP contribution in [0.15, 0.2) is 41.3 Å². The lowest BCUT2D eigenvalue weighted by Gasteiger charge is -2.50. The molecule has 2 aliphatic rings. The number of carbonyl (C=O) groups is 2. The Morgan fingerprint density at radius 1 is 1.21 bits per heavy atom. The van der Waals surface area contributed by atoms with Crippen LogP contribution in [0.1, 0.15) is 69.2 Å². The molecule has 2 aromatic rings. The number of carbonyl (C=O) groups excluding carboxylic acids is 2. The third-order valence-corrected chi connectivity index (χ3v) is 7.53. The van der Waals surface area contributed by atoms with Crippen molar-refractivity contribution in [3.05, 3.63) is 69.4 Å². The Labute approximate surface area is 199 Å². The van der Waals surface area contributed by atoms with Gasteiger partial charge in [-0.05, 0) is 99.7 Å². The highest BCUT2D eigenvalue weighted by Crippen LogP contribution is 2.46. The maximum Gasteiger partial charge on any atom is 0.293 e. The number of imide groups is 1. The topological polar surface area (TPSA) is 40.6 Å². The largest absolute Gasteiger partial charge is 0.364 e. The fourth-order valence-electron chi connectivity index (χ4n) is 5.32. The second-order valence-corrected chi connectivity index (χ2v) is 11.0. The number of thioether (sulfide) groups is 1. The predicted molar refractivity (Wildman–Crippen MR) is 134 cm³/mol. The molecule has 4 nitrogen and oxygen atoms in total. The zero-order valence-corrected chi connectivity index (χ0v) is 20.9. The number of hydrogen-bond donors (Lipinski definition) is 0. The van der Waals surface area contributed by atoms with Gasteiger partial charge >= 0.3 is 0 Å². The molecule has 33 heavy (non-hydrogen) atoms. The van der Waals surface area contributed by atoms with Gasteiger partial charge < -0.3 is 4.90 Å². The first-order chi connectivity index (χ1) is 15.5. The SMILES string of the molecule is Cc1cc2c(cc1/C=C1\SC(=O)N(Cc3ccccc3F)C1=O)[C@@H](C)CC(C)(C)N2C(C)C. The molecule has 174 valence electrons. The normalized spacial score (nSPS) is 21.3. The van der Waals surface area contributed by atoms with Gasteiger partial charge in [-0.1, -0.05) is 25.1 Å². The molecule has 0 unspecified atom stereocenters. The van der Waals surface area contributed by atoms with E-state index in [4.69, 9.17) is 0 Å². The minimum absolute atomic E-state index is 0.0594. The number of benzene rings is 2. The summed E-state index contributed by atoms with van der Waals surface area (Å²) in [4.78, 5) is 29.6. The number of anilines is 1. The molecule has 0 saturated carbocycles. The Kier molecular flexibility index (Phi) is 6.16. The van der Waals surface area contributed by atoms with E-state index in [9.17, 15) is 14.0 Å². The van der Waals surface area contributed by atoms with Gasteiger partial charge in [0.1, 0.15) is 5.82 Å². The van der Waals surface area contributed by atoms with Crippen molar-refractivity contribution in [3.8, 4) is 0 Å². The molecule has 2 aliphatic heterocycles. The van der Waals surface area contributed by atoms with Crippen molar-refractivity contribution < 1.29 is 14.0 Å². The number of hydrogen-bond acceptors (Lipinski definition) is 4. The summed E-state index contributed by atoms with van der Waals surface area (Å²) in [5.41, 5.74) is 4.91. The van der Waals surface area contributed by atoms with Crippen LogP contribution >= 0.6 is 11.8 Å². The fraction of sp³-hybridized carbons (Fsp3) is 0.407. The molecule has 0 aromatic heterocycles. The number of amides is 2. The lowest BCUT2D eigenvalue weighted by molar-refractivity contribution is -0.123. The van der Waals surface area contributed by atoms with Gasteiger partial charge in [0.25, 0.3) is 11.1 Å². The highest BCUT2D eigenvalue weighted by atomic mass is 32.2. The zero-order chi connectivity index (χ0) is 24.1. The van der Waals surface area contributed by atoms with E-state index >= 15 is 0 Å². The summed E-state index contributed by atoms with van der Waals surface area (Å²) in [7, 11) is 0. The predicted octanol–water partition coefficient (Wildman–Crippen LogP) is 6.87. The van der Waals surface area contributed by atoms with Crippen molar-refractivity contribution in [2.45, 2.75) is 72.0 Å². The van der Waals surface area contributed by atoms with E-state index in [0.717, 1.165) is 34.2 Å². The summed E-state index contributed by atoms with van der Waals surface area (Å²) in [6.45, 7) is 13.3. The van der Waals surface area contributed by atoms with Gasteiger partial charge in [0, 0.05) is 22.8 Å². The van der Waals surface area contributed by atoms with E-state index in [2.05, 4.69) is 51.7 Å². The lowest BCUT2D eigenvalue weighted by atomic mass is 9.78. The van der Waals surface area contributed by atoms with Crippen LogP contribution in [-0.2, 0) is 11.3 Å². The summed E-state index contributed by atoms with van der Waals surface area (Å²) >= 11 is 0.920. The second kappa shape index (κ2) is 8.64. The van der Waals surface area contributed by atoms with E-state index in [0.29, 0.717) is 22.4 Å². The Hall–Kier alpha value is -2.60. The molecule has 2 heterocycles. The summed E-state index contributed by atoms with van der Waals surface area (Å²) < 4.78 is 14.1. The van der Waals surface area contributed by atoms with Crippen molar-refractivity contribution >= 4 is 34.7 Å². The van der Waals surface area contributed by atoms with Crippen LogP contribution < -0.4 is 4.90 Å². The third-order valence-electron chi connectivity index (χ3n) is 6.63. The molecule has 0 radical (unpaired) electrons. The smallest absolute Gasteiger partial charge is 0.293 e. The quantitative estimate of drug-likeness (QED) is 0.461. The number of nitrogens with zero attached hydrogens (tertiary/aromatic N) is 2. The molecule has 0 bridgehead atoms. The summed E-state index contributed by atoms with van der Waals surface area (Å²) in [6, 6.07) is 11.0. The molecule has 1 fully saturated rings. The van der Waals surface area contributed by atoms with Crippen molar-refractivity contribution in [1.82, 2.24) is 4.90 Å². The van der Waals surface area contributed by atoms with Crippen molar-refractivity contribution in [3.63, 3.8) is 0 Å². The standard InChI is InChI=1S/C27H31FN2O2S/c1-16(2)30-23-11-17(3)20(12-21(23)18(4)14-27(30,5)6)13-24-25(31)29(26(32)33-24)15-19-9-7-8-10-22(19)28/h7-13,16,18H,14-15H2,1-6H3/b24-13-/t18-/m0/s1. The molecule has 1 atom stereocenters. The molecular formula is C27H31FN2O2S. The minimum atomic E-state index is -0.419. The summed E-state index contributed by atoms with van der Waals surface area (Å²) in [5.74, 6) is -0.407. The average molecular weight is 467 g/mol. The Balaban J connectivity index is 1.68. The van der Waals surface area contributed by atoms with E-state index in [-0.39, 0.29) is 23.2 Å². The zero-order valence-electron chi connectivity index (χ0n) is 20.1. The van der Waals surface area contributed by atoms with Crippen LogP contribution in [-0.4, -0.2) is 27.6 Å². The molecule has 2 aromatic carbocycles. The van der Waals surface area contributed by atoms with E-state index in [1.807, 2.05) is 13.0 Å². The van der Waals surface area contributed by atoms with Crippen molar-refractivity contribution in [2.75, 3.05) is 4.90 Å². The molecule has 0 aliphatic carbocycles. The highest BCUT2D eigenvalue weighted by molar-refractivity contribution is 8.18.